The van der Waals surface area contributed by atoms with Gasteiger partial charge in [-0.2, -0.15) is 5.10 Å². The summed E-state index contributed by atoms with van der Waals surface area (Å²) < 4.78 is 0. The zero-order chi connectivity index (χ0) is 12.3. The van der Waals surface area contributed by atoms with E-state index in [2.05, 4.69) is 15.1 Å². The molecule has 0 amide bonds. The zero-order valence-electron chi connectivity index (χ0n) is 9.78. The molecule has 0 aromatic carbocycles. The van der Waals surface area contributed by atoms with E-state index in [1.54, 1.807) is 13.1 Å². The van der Waals surface area contributed by atoms with Crippen molar-refractivity contribution in [1.82, 2.24) is 15.1 Å². The number of aliphatic carboxylic acids is 1. The predicted octanol–water partition coefficient (Wildman–Crippen LogP) is 0.0717. The van der Waals surface area contributed by atoms with Crippen LogP contribution in [0.15, 0.2) is 18.3 Å². The summed E-state index contributed by atoms with van der Waals surface area (Å²) >= 11 is 0. The van der Waals surface area contributed by atoms with Gasteiger partial charge in [-0.05, 0) is 19.1 Å². The summed E-state index contributed by atoms with van der Waals surface area (Å²) in [5, 5.41) is 16.8. The summed E-state index contributed by atoms with van der Waals surface area (Å²) in [4.78, 5) is 15.0. The third-order valence-corrected chi connectivity index (χ3v) is 3.10. The lowest BCUT2D eigenvalue weighted by molar-refractivity contribution is -0.142. The van der Waals surface area contributed by atoms with Crippen molar-refractivity contribution in [2.24, 2.45) is 0 Å². The fourth-order valence-corrected chi connectivity index (χ4v) is 1.96. The minimum atomic E-state index is -0.766. The third kappa shape index (κ3) is 2.71. The van der Waals surface area contributed by atoms with E-state index in [1.165, 1.54) is 0 Å². The Morgan fingerprint density at radius 2 is 2.12 bits per heavy atom. The highest BCUT2D eigenvalue weighted by molar-refractivity contribution is 5.72. The van der Waals surface area contributed by atoms with Gasteiger partial charge >= 0.3 is 5.97 Å². The predicted molar refractivity (Wildman–Crippen MR) is 62.9 cm³/mol. The molecule has 6 nitrogen and oxygen atoms in total. The lowest BCUT2D eigenvalue weighted by atomic mass is 10.2. The van der Waals surface area contributed by atoms with E-state index in [1.807, 2.05) is 17.0 Å². The molecule has 0 saturated carbocycles. The normalized spacial score (nSPS) is 19.0. The van der Waals surface area contributed by atoms with E-state index in [-0.39, 0.29) is 0 Å². The molecule has 6 heteroatoms. The number of carboxylic acids is 1. The Bertz CT molecular complexity index is 376. The lowest BCUT2D eigenvalue weighted by Gasteiger charge is -2.36. The van der Waals surface area contributed by atoms with Crippen LogP contribution >= 0.6 is 0 Å². The highest BCUT2D eigenvalue weighted by Crippen LogP contribution is 2.13. The van der Waals surface area contributed by atoms with Crippen molar-refractivity contribution < 1.29 is 9.90 Å². The molecule has 0 bridgehead atoms. The topological polar surface area (TPSA) is 69.6 Å². The molecule has 0 aliphatic carbocycles. The number of hydrogen-bond acceptors (Lipinski definition) is 5. The Hall–Kier alpha value is -1.69. The highest BCUT2D eigenvalue weighted by atomic mass is 16.4. The standard InChI is InChI=1S/C11H16N4O2/c1-9(11(16)17)14-5-7-15(8-6-14)10-3-2-4-12-13-10/h2-4,9H,5-8H2,1H3,(H,16,17). The van der Waals surface area contributed by atoms with E-state index in [0.29, 0.717) is 0 Å². The van der Waals surface area contributed by atoms with Gasteiger partial charge < -0.3 is 10.0 Å². The van der Waals surface area contributed by atoms with E-state index in [0.717, 1.165) is 32.0 Å². The average Bonchev–Trinajstić information content (AvgIpc) is 2.39. The van der Waals surface area contributed by atoms with Crippen LogP contribution in [0.4, 0.5) is 5.82 Å². The van der Waals surface area contributed by atoms with Gasteiger partial charge in [-0.3, -0.25) is 9.69 Å². The summed E-state index contributed by atoms with van der Waals surface area (Å²) in [6.45, 7) is 4.78. The number of anilines is 1. The first-order valence-electron chi connectivity index (χ1n) is 5.68. The summed E-state index contributed by atoms with van der Waals surface area (Å²) in [6, 6.07) is 3.36. The highest BCUT2D eigenvalue weighted by Gasteiger charge is 2.25. The van der Waals surface area contributed by atoms with Gasteiger partial charge in [0, 0.05) is 32.4 Å². The first kappa shape index (κ1) is 11.8. The van der Waals surface area contributed by atoms with Crippen LogP contribution in [0.25, 0.3) is 0 Å². The SMILES string of the molecule is CC(C(=O)O)N1CCN(c2cccnn2)CC1. The first-order chi connectivity index (χ1) is 8.18. The van der Waals surface area contributed by atoms with Gasteiger partial charge in [0.1, 0.15) is 6.04 Å². The van der Waals surface area contributed by atoms with Gasteiger partial charge in [0.2, 0.25) is 0 Å². The molecule has 1 saturated heterocycles. The van der Waals surface area contributed by atoms with Gasteiger partial charge in [0.05, 0.1) is 0 Å². The summed E-state index contributed by atoms with van der Waals surface area (Å²) in [6.07, 6.45) is 1.65. The number of rotatable bonds is 3. The van der Waals surface area contributed by atoms with E-state index in [4.69, 9.17) is 5.11 Å². The minimum absolute atomic E-state index is 0.418. The molecule has 17 heavy (non-hydrogen) atoms. The Kier molecular flexibility index (Phi) is 3.53. The second-order valence-electron chi connectivity index (χ2n) is 4.12. The summed E-state index contributed by atoms with van der Waals surface area (Å²) in [5.41, 5.74) is 0. The van der Waals surface area contributed by atoms with E-state index in [9.17, 15) is 4.79 Å². The number of aromatic nitrogens is 2. The molecule has 2 heterocycles. The molecule has 2 rings (SSSR count). The molecular weight excluding hydrogens is 220 g/mol. The van der Waals surface area contributed by atoms with Crippen LogP contribution in [-0.2, 0) is 4.79 Å². The van der Waals surface area contributed by atoms with E-state index >= 15 is 0 Å². The Labute approximate surface area is 99.9 Å². The summed E-state index contributed by atoms with van der Waals surface area (Å²) in [5.74, 6) is 0.0908. The van der Waals surface area contributed by atoms with Crippen LogP contribution in [0.1, 0.15) is 6.92 Å². The largest absolute Gasteiger partial charge is 0.480 e. The van der Waals surface area contributed by atoms with Crippen LogP contribution in [-0.4, -0.2) is 58.4 Å². The van der Waals surface area contributed by atoms with Crippen molar-refractivity contribution in [1.29, 1.82) is 0 Å². The second kappa shape index (κ2) is 5.09. The number of carbonyl (C=O) groups is 1. The quantitative estimate of drug-likeness (QED) is 0.801. The fourth-order valence-electron chi connectivity index (χ4n) is 1.96. The molecule has 1 aliphatic rings. The van der Waals surface area contributed by atoms with Gasteiger partial charge in [-0.1, -0.05) is 0 Å². The molecule has 1 fully saturated rings. The van der Waals surface area contributed by atoms with Crippen molar-refractivity contribution in [2.45, 2.75) is 13.0 Å². The lowest BCUT2D eigenvalue weighted by Crippen LogP contribution is -2.52. The number of nitrogens with zero attached hydrogens (tertiary/aromatic N) is 4. The molecule has 1 atom stereocenters. The fraction of sp³-hybridized carbons (Fsp3) is 0.545. The summed E-state index contributed by atoms with van der Waals surface area (Å²) in [7, 11) is 0. The van der Waals surface area contributed by atoms with Crippen molar-refractivity contribution >= 4 is 11.8 Å². The smallest absolute Gasteiger partial charge is 0.320 e. The van der Waals surface area contributed by atoms with Crippen LogP contribution in [0.3, 0.4) is 0 Å². The van der Waals surface area contributed by atoms with Gasteiger partial charge in [0.25, 0.3) is 0 Å². The third-order valence-electron chi connectivity index (χ3n) is 3.10. The van der Waals surface area contributed by atoms with Crippen LogP contribution in [0, 0.1) is 0 Å². The molecule has 0 radical (unpaired) electrons. The van der Waals surface area contributed by atoms with E-state index < -0.39 is 12.0 Å². The molecule has 1 aliphatic heterocycles. The van der Waals surface area contributed by atoms with Crippen molar-refractivity contribution in [3.63, 3.8) is 0 Å². The minimum Gasteiger partial charge on any atom is -0.480 e. The van der Waals surface area contributed by atoms with Crippen LogP contribution in [0.2, 0.25) is 0 Å². The molecule has 0 spiro atoms. The first-order valence-corrected chi connectivity index (χ1v) is 5.68. The Morgan fingerprint density at radius 1 is 1.41 bits per heavy atom. The van der Waals surface area contributed by atoms with Gasteiger partial charge in [-0.25, -0.2) is 0 Å². The molecule has 1 aromatic heterocycles. The maximum atomic E-state index is 10.9. The Balaban J connectivity index is 1.93. The maximum Gasteiger partial charge on any atom is 0.320 e. The number of piperazine rings is 1. The molecular formula is C11H16N4O2. The Morgan fingerprint density at radius 3 is 2.65 bits per heavy atom. The number of carboxylic acid groups (broad SMARTS) is 1. The molecule has 1 N–H and O–H groups in total. The van der Waals surface area contributed by atoms with Crippen molar-refractivity contribution in [3.05, 3.63) is 18.3 Å². The zero-order valence-corrected chi connectivity index (χ0v) is 9.78. The average molecular weight is 236 g/mol. The van der Waals surface area contributed by atoms with Crippen molar-refractivity contribution in [3.8, 4) is 0 Å². The van der Waals surface area contributed by atoms with Crippen LogP contribution < -0.4 is 4.90 Å². The number of hydrogen-bond donors (Lipinski definition) is 1. The van der Waals surface area contributed by atoms with Crippen LogP contribution in [0.5, 0.6) is 0 Å². The molecule has 1 unspecified atom stereocenters. The van der Waals surface area contributed by atoms with Gasteiger partial charge in [0.15, 0.2) is 5.82 Å². The molecule has 92 valence electrons. The van der Waals surface area contributed by atoms with Crippen molar-refractivity contribution in [2.75, 3.05) is 31.1 Å². The van der Waals surface area contributed by atoms with Gasteiger partial charge in [-0.15, -0.1) is 5.10 Å². The monoisotopic (exact) mass is 236 g/mol. The second-order valence-corrected chi connectivity index (χ2v) is 4.12. The molecule has 1 aromatic rings. The maximum absolute atomic E-state index is 10.9.